The van der Waals surface area contributed by atoms with Crippen molar-refractivity contribution in [3.63, 3.8) is 0 Å². The largest absolute Gasteiger partial charge is 0.493 e. The number of carbonyl (C=O) groups excluding carboxylic acids is 1. The highest BCUT2D eigenvalue weighted by atomic mass is 16.5. The fourth-order valence-electron chi connectivity index (χ4n) is 4.24. The van der Waals surface area contributed by atoms with Gasteiger partial charge in [-0.2, -0.15) is 0 Å². The quantitative estimate of drug-likeness (QED) is 0.241. The van der Waals surface area contributed by atoms with Crippen LogP contribution >= 0.6 is 0 Å². The molecule has 1 amide bonds. The van der Waals surface area contributed by atoms with Crippen LogP contribution in [-0.4, -0.2) is 12.5 Å². The number of hydrogen-bond acceptors (Lipinski definition) is 2. The van der Waals surface area contributed by atoms with Gasteiger partial charge in [-0.3, -0.25) is 4.79 Å². The molecule has 0 aliphatic carbocycles. The zero-order valence-electron chi connectivity index (χ0n) is 20.5. The van der Waals surface area contributed by atoms with Crippen LogP contribution in [0.4, 0.5) is 0 Å². The number of para-hydroxylation sites is 1. The second-order valence-electron chi connectivity index (χ2n) is 8.97. The molecule has 0 fully saturated rings. The number of carbonyl (C=O) groups is 1. The first kappa shape index (κ1) is 25.6. The lowest BCUT2D eigenvalue weighted by Gasteiger charge is -2.20. The van der Waals surface area contributed by atoms with Crippen LogP contribution < -0.4 is 10.1 Å². The highest BCUT2D eigenvalue weighted by molar-refractivity contribution is 5.79. The molecule has 34 heavy (non-hydrogen) atoms. The van der Waals surface area contributed by atoms with Gasteiger partial charge in [0.15, 0.2) is 0 Å². The van der Waals surface area contributed by atoms with Gasteiger partial charge in [0.2, 0.25) is 5.91 Å². The van der Waals surface area contributed by atoms with E-state index in [2.05, 4.69) is 36.5 Å². The van der Waals surface area contributed by atoms with E-state index in [1.807, 2.05) is 60.7 Å². The number of amides is 1. The van der Waals surface area contributed by atoms with Crippen LogP contribution in [0.5, 0.6) is 5.75 Å². The molecule has 0 heterocycles. The molecule has 0 aromatic heterocycles. The monoisotopic (exact) mass is 457 g/mol. The molecule has 1 N–H and O–H groups in total. The molecule has 0 bridgehead atoms. The molecular weight excluding hydrogens is 418 g/mol. The van der Waals surface area contributed by atoms with E-state index in [-0.39, 0.29) is 11.9 Å². The number of unbranched alkanes of at least 4 members (excludes halogenated alkanes) is 6. The molecular formula is C31H39NO2. The summed E-state index contributed by atoms with van der Waals surface area (Å²) in [5.74, 6) is 0.833. The van der Waals surface area contributed by atoms with Crippen molar-refractivity contribution in [1.29, 1.82) is 0 Å². The zero-order valence-corrected chi connectivity index (χ0v) is 20.5. The van der Waals surface area contributed by atoms with E-state index < -0.39 is 0 Å². The van der Waals surface area contributed by atoms with E-state index in [1.165, 1.54) is 44.1 Å². The molecule has 1 atom stereocenters. The van der Waals surface area contributed by atoms with Gasteiger partial charge in [0.05, 0.1) is 19.1 Å². The van der Waals surface area contributed by atoms with Gasteiger partial charge in [0.25, 0.3) is 0 Å². The molecule has 0 saturated heterocycles. The number of hydrogen-bond donors (Lipinski definition) is 1. The third-order valence-corrected chi connectivity index (χ3v) is 6.15. The lowest BCUT2D eigenvalue weighted by molar-refractivity contribution is -0.121. The minimum Gasteiger partial charge on any atom is -0.493 e. The van der Waals surface area contributed by atoms with Crippen LogP contribution in [0.1, 0.15) is 74.6 Å². The Balaban J connectivity index is 1.54. The van der Waals surface area contributed by atoms with Crippen LogP contribution in [0.3, 0.4) is 0 Å². The average Bonchev–Trinajstić information content (AvgIpc) is 2.87. The molecule has 0 radical (unpaired) electrons. The van der Waals surface area contributed by atoms with Crippen molar-refractivity contribution >= 4 is 5.91 Å². The van der Waals surface area contributed by atoms with Crippen LogP contribution in [0, 0.1) is 0 Å². The topological polar surface area (TPSA) is 38.3 Å². The highest BCUT2D eigenvalue weighted by Crippen LogP contribution is 2.22. The first-order valence-corrected chi connectivity index (χ1v) is 12.8. The molecule has 3 rings (SSSR count). The minimum absolute atomic E-state index is 0.0109. The highest BCUT2D eigenvalue weighted by Gasteiger charge is 2.17. The van der Waals surface area contributed by atoms with E-state index in [0.717, 1.165) is 29.7 Å². The summed E-state index contributed by atoms with van der Waals surface area (Å²) in [7, 11) is 0. The molecule has 3 aromatic carbocycles. The maximum Gasteiger partial charge on any atom is 0.225 e. The summed E-state index contributed by atoms with van der Waals surface area (Å²) in [5.41, 5.74) is 3.26. The molecule has 1 unspecified atom stereocenters. The summed E-state index contributed by atoms with van der Waals surface area (Å²) in [4.78, 5) is 13.1. The summed E-state index contributed by atoms with van der Waals surface area (Å²) in [6, 6.07) is 28.4. The van der Waals surface area contributed by atoms with Crippen molar-refractivity contribution in [1.82, 2.24) is 5.32 Å². The van der Waals surface area contributed by atoms with E-state index in [0.29, 0.717) is 13.0 Å². The maximum atomic E-state index is 13.1. The van der Waals surface area contributed by atoms with E-state index in [4.69, 9.17) is 4.74 Å². The van der Waals surface area contributed by atoms with Gasteiger partial charge in [-0.15, -0.1) is 0 Å². The van der Waals surface area contributed by atoms with Crippen molar-refractivity contribution in [3.05, 3.63) is 102 Å². The summed E-state index contributed by atoms with van der Waals surface area (Å²) < 4.78 is 6.07. The zero-order chi connectivity index (χ0) is 23.8. The number of ether oxygens (including phenoxy) is 1. The summed E-state index contributed by atoms with van der Waals surface area (Å²) in [6.07, 6.45) is 9.87. The predicted octanol–water partition coefficient (Wildman–Crippen LogP) is 7.46. The van der Waals surface area contributed by atoms with Crippen LogP contribution in [0.15, 0.2) is 84.9 Å². The average molecular weight is 458 g/mol. The number of benzene rings is 3. The SMILES string of the molecule is CCCCCCCCCOc1ccccc1CC(=O)NC(Cc1ccccc1)c1ccccc1. The standard InChI is InChI=1S/C31H39NO2/c1-2-3-4-5-6-7-16-23-34-30-22-15-14-21-28(30)25-31(33)32-29(27-19-12-9-13-20-27)24-26-17-10-8-11-18-26/h8-15,17-22,29H,2-7,16,23-25H2,1H3,(H,32,33). The van der Waals surface area contributed by atoms with Gasteiger partial charge in [0, 0.05) is 5.56 Å². The first-order chi connectivity index (χ1) is 16.8. The van der Waals surface area contributed by atoms with Gasteiger partial charge in [-0.25, -0.2) is 0 Å². The smallest absolute Gasteiger partial charge is 0.225 e. The molecule has 3 aromatic rings. The molecule has 0 aliphatic rings. The van der Waals surface area contributed by atoms with Gasteiger partial charge < -0.3 is 10.1 Å². The van der Waals surface area contributed by atoms with Gasteiger partial charge >= 0.3 is 0 Å². The van der Waals surface area contributed by atoms with Gasteiger partial charge in [-0.1, -0.05) is 124 Å². The summed E-state index contributed by atoms with van der Waals surface area (Å²) >= 11 is 0. The van der Waals surface area contributed by atoms with Crippen LogP contribution in [0.25, 0.3) is 0 Å². The van der Waals surface area contributed by atoms with Gasteiger partial charge in [0.1, 0.15) is 5.75 Å². The normalized spacial score (nSPS) is 11.7. The maximum absolute atomic E-state index is 13.1. The second kappa shape index (κ2) is 15.0. The van der Waals surface area contributed by atoms with E-state index >= 15 is 0 Å². The summed E-state index contributed by atoms with van der Waals surface area (Å²) in [6.45, 7) is 2.95. The number of nitrogens with one attached hydrogen (secondary N) is 1. The molecule has 3 heteroatoms. The molecule has 0 aliphatic heterocycles. The lowest BCUT2D eigenvalue weighted by Crippen LogP contribution is -2.31. The fraction of sp³-hybridized carbons (Fsp3) is 0.387. The molecule has 180 valence electrons. The Hall–Kier alpha value is -3.07. The molecule has 0 spiro atoms. The lowest BCUT2D eigenvalue weighted by atomic mass is 9.98. The van der Waals surface area contributed by atoms with E-state index in [9.17, 15) is 4.79 Å². The van der Waals surface area contributed by atoms with Gasteiger partial charge in [-0.05, 0) is 30.0 Å². The van der Waals surface area contributed by atoms with Crippen molar-refractivity contribution in [2.45, 2.75) is 70.8 Å². The Morgan fingerprint density at radius 1 is 0.765 bits per heavy atom. The van der Waals surface area contributed by atoms with Crippen molar-refractivity contribution in [2.75, 3.05) is 6.61 Å². The Morgan fingerprint density at radius 3 is 2.12 bits per heavy atom. The van der Waals surface area contributed by atoms with Crippen LogP contribution in [-0.2, 0) is 17.6 Å². The summed E-state index contributed by atoms with van der Waals surface area (Å²) in [5, 5.41) is 3.26. The Labute approximate surface area is 205 Å². The Bertz CT molecular complexity index is 955. The first-order valence-electron chi connectivity index (χ1n) is 12.8. The third-order valence-electron chi connectivity index (χ3n) is 6.15. The predicted molar refractivity (Wildman–Crippen MR) is 141 cm³/mol. The third kappa shape index (κ3) is 9.05. The fourth-order valence-corrected chi connectivity index (χ4v) is 4.24. The Morgan fingerprint density at radius 2 is 1.38 bits per heavy atom. The minimum atomic E-state index is -0.0723. The number of rotatable bonds is 15. The van der Waals surface area contributed by atoms with Crippen molar-refractivity contribution in [2.24, 2.45) is 0 Å². The van der Waals surface area contributed by atoms with Crippen LogP contribution in [0.2, 0.25) is 0 Å². The van der Waals surface area contributed by atoms with E-state index in [1.54, 1.807) is 0 Å². The van der Waals surface area contributed by atoms with Crippen molar-refractivity contribution < 1.29 is 9.53 Å². The molecule has 3 nitrogen and oxygen atoms in total. The second-order valence-corrected chi connectivity index (χ2v) is 8.97. The molecule has 0 saturated carbocycles. The Kier molecular flexibility index (Phi) is 11.2. The van der Waals surface area contributed by atoms with Crippen molar-refractivity contribution in [3.8, 4) is 5.75 Å².